The van der Waals surface area contributed by atoms with Gasteiger partial charge in [-0.15, -0.1) is 17.9 Å². The summed E-state index contributed by atoms with van der Waals surface area (Å²) in [6, 6.07) is 4.08. The van der Waals surface area contributed by atoms with Gasteiger partial charge in [-0.25, -0.2) is 0 Å². The maximum Gasteiger partial charge on any atom is 0.237 e. The minimum atomic E-state index is 0.177. The molecule has 0 aromatic carbocycles. The Labute approximate surface area is 124 Å². The average molecular weight is 293 g/mol. The predicted octanol–water partition coefficient (Wildman–Crippen LogP) is 1.54. The van der Waals surface area contributed by atoms with E-state index in [4.69, 9.17) is 5.73 Å². The molecule has 1 aliphatic rings. The van der Waals surface area contributed by atoms with Crippen molar-refractivity contribution in [1.82, 2.24) is 9.80 Å². The van der Waals surface area contributed by atoms with Crippen LogP contribution in [0.2, 0.25) is 0 Å². The molecule has 1 fully saturated rings. The van der Waals surface area contributed by atoms with Crippen LogP contribution in [-0.2, 0) is 11.3 Å². The van der Waals surface area contributed by atoms with Crippen molar-refractivity contribution in [2.75, 3.05) is 32.7 Å². The Morgan fingerprint density at radius 1 is 1.65 bits per heavy atom. The van der Waals surface area contributed by atoms with E-state index in [0.29, 0.717) is 25.6 Å². The minimum Gasteiger partial charge on any atom is -0.333 e. The van der Waals surface area contributed by atoms with Gasteiger partial charge in [0.25, 0.3) is 0 Å². The largest absolute Gasteiger partial charge is 0.333 e. The zero-order valence-electron chi connectivity index (χ0n) is 11.8. The first-order chi connectivity index (χ1) is 9.72. The summed E-state index contributed by atoms with van der Waals surface area (Å²) < 4.78 is 0. The standard InChI is InChI=1S/C15H23N3OS/c1-2-6-18(11-14-4-3-8-20-14)15(19)12-17-7-5-13(9-16)10-17/h2-4,8,13H,1,5-7,9-12,16H2. The van der Waals surface area contributed by atoms with Crippen LogP contribution in [0.3, 0.4) is 0 Å². The number of carbonyl (C=O) groups is 1. The van der Waals surface area contributed by atoms with E-state index in [1.165, 1.54) is 4.88 Å². The van der Waals surface area contributed by atoms with Crippen LogP contribution in [0.4, 0.5) is 0 Å². The zero-order chi connectivity index (χ0) is 14.4. The number of thiophene rings is 1. The number of hydrogen-bond acceptors (Lipinski definition) is 4. The molecular formula is C15H23N3OS. The van der Waals surface area contributed by atoms with Gasteiger partial charge in [0.05, 0.1) is 13.1 Å². The monoisotopic (exact) mass is 293 g/mol. The Balaban J connectivity index is 1.88. The molecule has 0 spiro atoms. The molecule has 4 nitrogen and oxygen atoms in total. The van der Waals surface area contributed by atoms with Crippen molar-refractivity contribution < 1.29 is 4.79 Å². The van der Waals surface area contributed by atoms with E-state index in [9.17, 15) is 4.79 Å². The van der Waals surface area contributed by atoms with Crippen molar-refractivity contribution in [1.29, 1.82) is 0 Å². The molecule has 0 saturated carbocycles. The number of rotatable bonds is 7. The van der Waals surface area contributed by atoms with Crippen molar-refractivity contribution in [3.8, 4) is 0 Å². The number of nitrogens with zero attached hydrogens (tertiary/aromatic N) is 2. The third kappa shape index (κ3) is 4.16. The Morgan fingerprint density at radius 3 is 3.10 bits per heavy atom. The van der Waals surface area contributed by atoms with Gasteiger partial charge in [-0.1, -0.05) is 12.1 Å². The van der Waals surface area contributed by atoms with E-state index in [1.54, 1.807) is 17.4 Å². The number of carbonyl (C=O) groups excluding carboxylic acids is 1. The first kappa shape index (κ1) is 15.2. The first-order valence-corrected chi connectivity index (χ1v) is 7.94. The fourth-order valence-corrected chi connectivity index (χ4v) is 3.26. The number of amides is 1. The van der Waals surface area contributed by atoms with E-state index in [1.807, 2.05) is 16.3 Å². The molecule has 1 amide bonds. The SMILES string of the molecule is C=CCN(Cc1cccs1)C(=O)CN1CCC(CN)C1. The van der Waals surface area contributed by atoms with Crippen LogP contribution in [0.5, 0.6) is 0 Å². The van der Waals surface area contributed by atoms with Gasteiger partial charge in [0.2, 0.25) is 5.91 Å². The highest BCUT2D eigenvalue weighted by Gasteiger charge is 2.24. The minimum absolute atomic E-state index is 0.177. The van der Waals surface area contributed by atoms with Crippen LogP contribution in [-0.4, -0.2) is 48.4 Å². The summed E-state index contributed by atoms with van der Waals surface area (Å²) in [6.45, 7) is 8.17. The molecule has 1 aromatic heterocycles. The highest BCUT2D eigenvalue weighted by atomic mass is 32.1. The molecule has 2 N–H and O–H groups in total. The van der Waals surface area contributed by atoms with Gasteiger partial charge in [0.15, 0.2) is 0 Å². The van der Waals surface area contributed by atoms with Crippen LogP contribution in [0, 0.1) is 5.92 Å². The number of likely N-dealkylation sites (tertiary alicyclic amines) is 1. The second-order valence-corrected chi connectivity index (χ2v) is 6.30. The van der Waals surface area contributed by atoms with Gasteiger partial charge in [-0.3, -0.25) is 9.69 Å². The van der Waals surface area contributed by atoms with Crippen molar-refractivity contribution in [2.45, 2.75) is 13.0 Å². The van der Waals surface area contributed by atoms with Crippen molar-refractivity contribution >= 4 is 17.2 Å². The van der Waals surface area contributed by atoms with Crippen LogP contribution >= 0.6 is 11.3 Å². The van der Waals surface area contributed by atoms with Crippen molar-refractivity contribution in [3.05, 3.63) is 35.0 Å². The van der Waals surface area contributed by atoms with Crippen molar-refractivity contribution in [3.63, 3.8) is 0 Å². The van der Waals surface area contributed by atoms with Gasteiger partial charge >= 0.3 is 0 Å². The maximum atomic E-state index is 12.4. The summed E-state index contributed by atoms with van der Waals surface area (Å²) in [6.07, 6.45) is 2.90. The Bertz CT molecular complexity index is 432. The second-order valence-electron chi connectivity index (χ2n) is 5.27. The normalized spacial score (nSPS) is 19.1. The molecule has 1 aliphatic heterocycles. The first-order valence-electron chi connectivity index (χ1n) is 7.06. The molecule has 0 aliphatic carbocycles. The fraction of sp³-hybridized carbons (Fsp3) is 0.533. The van der Waals surface area contributed by atoms with Crippen LogP contribution in [0.15, 0.2) is 30.2 Å². The van der Waals surface area contributed by atoms with Crippen LogP contribution in [0.25, 0.3) is 0 Å². The van der Waals surface area contributed by atoms with Crippen molar-refractivity contribution in [2.24, 2.45) is 11.7 Å². The van der Waals surface area contributed by atoms with Gasteiger partial charge in [0, 0.05) is 18.0 Å². The van der Waals surface area contributed by atoms with Gasteiger partial charge < -0.3 is 10.6 Å². The van der Waals surface area contributed by atoms with E-state index < -0.39 is 0 Å². The van der Waals surface area contributed by atoms with E-state index >= 15 is 0 Å². The topological polar surface area (TPSA) is 49.6 Å². The molecule has 1 unspecified atom stereocenters. The van der Waals surface area contributed by atoms with E-state index in [0.717, 1.165) is 26.1 Å². The summed E-state index contributed by atoms with van der Waals surface area (Å²) in [5, 5.41) is 2.04. The van der Waals surface area contributed by atoms with Gasteiger partial charge in [-0.05, 0) is 36.9 Å². The van der Waals surface area contributed by atoms with Gasteiger partial charge in [0.1, 0.15) is 0 Å². The smallest absolute Gasteiger partial charge is 0.237 e. The molecule has 2 heterocycles. The lowest BCUT2D eigenvalue weighted by Crippen LogP contribution is -2.39. The van der Waals surface area contributed by atoms with Crippen LogP contribution < -0.4 is 5.73 Å². The summed E-state index contributed by atoms with van der Waals surface area (Å²) in [5.41, 5.74) is 5.69. The molecule has 2 rings (SSSR count). The molecule has 110 valence electrons. The molecule has 1 aromatic rings. The quantitative estimate of drug-likeness (QED) is 0.776. The molecule has 0 bridgehead atoms. The molecular weight excluding hydrogens is 270 g/mol. The molecule has 1 saturated heterocycles. The number of nitrogens with two attached hydrogens (primary N) is 1. The Kier molecular flexibility index (Phi) is 5.76. The summed E-state index contributed by atoms with van der Waals surface area (Å²) in [7, 11) is 0. The third-order valence-corrected chi connectivity index (χ3v) is 4.55. The van der Waals surface area contributed by atoms with Crippen LogP contribution in [0.1, 0.15) is 11.3 Å². The van der Waals surface area contributed by atoms with E-state index in [-0.39, 0.29) is 5.91 Å². The Hall–Kier alpha value is -1.17. The maximum absolute atomic E-state index is 12.4. The fourth-order valence-electron chi connectivity index (χ4n) is 2.54. The lowest BCUT2D eigenvalue weighted by Gasteiger charge is -2.24. The highest BCUT2D eigenvalue weighted by Crippen LogP contribution is 2.16. The molecule has 1 atom stereocenters. The molecule has 20 heavy (non-hydrogen) atoms. The number of hydrogen-bond donors (Lipinski definition) is 1. The molecule has 0 radical (unpaired) electrons. The predicted molar refractivity (Wildman–Crippen MR) is 83.5 cm³/mol. The Morgan fingerprint density at radius 2 is 2.50 bits per heavy atom. The average Bonchev–Trinajstić information content (AvgIpc) is 3.09. The lowest BCUT2D eigenvalue weighted by molar-refractivity contribution is -0.132. The third-order valence-electron chi connectivity index (χ3n) is 3.69. The highest BCUT2D eigenvalue weighted by molar-refractivity contribution is 7.09. The van der Waals surface area contributed by atoms with E-state index in [2.05, 4.69) is 17.5 Å². The summed E-state index contributed by atoms with van der Waals surface area (Å²) in [4.78, 5) is 17.7. The zero-order valence-corrected chi connectivity index (χ0v) is 12.6. The summed E-state index contributed by atoms with van der Waals surface area (Å²) in [5.74, 6) is 0.726. The molecule has 5 heteroatoms. The summed E-state index contributed by atoms with van der Waals surface area (Å²) >= 11 is 1.68. The lowest BCUT2D eigenvalue weighted by atomic mass is 10.1. The van der Waals surface area contributed by atoms with Gasteiger partial charge in [-0.2, -0.15) is 0 Å². The second kappa shape index (κ2) is 7.57.